The molecule has 2 aliphatic heterocycles. The number of likely N-dealkylation sites (tertiary alicyclic amines) is 2. The average molecular weight is 484 g/mol. The standard InChI is InChI=1S/C19H25F3N2O2.C2HF3O2/c20-19(21,22)9-13-26-17-7-5-15(6-8-17)18(25)24-12-3-4-16(24)14-23-10-1-2-11-23;3-2(4,5)1(6)7/h5-8,16H,1-4,9-14H2;(H,6,7)/t16-;/m0./s1. The van der Waals surface area contributed by atoms with E-state index in [1.165, 1.54) is 12.8 Å². The summed E-state index contributed by atoms with van der Waals surface area (Å²) >= 11 is 0. The number of amides is 1. The second-order valence-corrected chi connectivity index (χ2v) is 7.84. The molecule has 1 N–H and O–H groups in total. The van der Waals surface area contributed by atoms with Crippen LogP contribution in [0.3, 0.4) is 0 Å². The smallest absolute Gasteiger partial charge is 0.490 e. The molecule has 33 heavy (non-hydrogen) atoms. The second-order valence-electron chi connectivity index (χ2n) is 7.84. The van der Waals surface area contributed by atoms with Gasteiger partial charge in [0.15, 0.2) is 0 Å². The van der Waals surface area contributed by atoms with Gasteiger partial charge in [-0.3, -0.25) is 4.79 Å². The first kappa shape index (κ1) is 26.7. The maximum absolute atomic E-state index is 12.8. The molecule has 0 aliphatic carbocycles. The predicted molar refractivity (Wildman–Crippen MR) is 106 cm³/mol. The summed E-state index contributed by atoms with van der Waals surface area (Å²) in [4.78, 5) is 26.1. The highest BCUT2D eigenvalue weighted by Gasteiger charge is 2.38. The van der Waals surface area contributed by atoms with Crippen LogP contribution in [0.4, 0.5) is 26.3 Å². The van der Waals surface area contributed by atoms with E-state index in [1.54, 1.807) is 24.3 Å². The molecule has 0 radical (unpaired) electrons. The number of rotatable bonds is 6. The van der Waals surface area contributed by atoms with E-state index in [9.17, 15) is 31.1 Å². The quantitative estimate of drug-likeness (QED) is 0.608. The number of hydrogen-bond acceptors (Lipinski definition) is 4. The van der Waals surface area contributed by atoms with Crippen LogP contribution in [-0.2, 0) is 4.79 Å². The number of carboxylic acid groups (broad SMARTS) is 1. The minimum atomic E-state index is -5.08. The largest absolute Gasteiger partial charge is 0.493 e. The van der Waals surface area contributed by atoms with Crippen molar-refractivity contribution in [1.82, 2.24) is 9.80 Å². The molecular formula is C21H26F6N2O4. The van der Waals surface area contributed by atoms with Crippen LogP contribution >= 0.6 is 0 Å². The van der Waals surface area contributed by atoms with Crippen molar-refractivity contribution in [2.75, 3.05) is 32.8 Å². The Morgan fingerprint density at radius 2 is 1.55 bits per heavy atom. The van der Waals surface area contributed by atoms with Crippen LogP contribution < -0.4 is 4.74 Å². The molecule has 1 amide bonds. The zero-order valence-electron chi connectivity index (χ0n) is 17.8. The number of aliphatic carboxylic acids is 1. The van der Waals surface area contributed by atoms with Crippen molar-refractivity contribution in [3.8, 4) is 5.75 Å². The molecule has 2 aliphatic rings. The van der Waals surface area contributed by atoms with Crippen molar-refractivity contribution in [1.29, 1.82) is 0 Å². The van der Waals surface area contributed by atoms with Crippen molar-refractivity contribution in [3.63, 3.8) is 0 Å². The fraction of sp³-hybridized carbons (Fsp3) is 0.619. The van der Waals surface area contributed by atoms with E-state index in [1.807, 2.05) is 4.90 Å². The topological polar surface area (TPSA) is 70.1 Å². The minimum absolute atomic E-state index is 0.00598. The van der Waals surface area contributed by atoms with Gasteiger partial charge in [0.05, 0.1) is 13.0 Å². The molecule has 186 valence electrons. The summed E-state index contributed by atoms with van der Waals surface area (Å²) in [7, 11) is 0. The number of carbonyl (C=O) groups excluding carboxylic acids is 1. The van der Waals surface area contributed by atoms with Crippen LogP contribution in [0.1, 0.15) is 42.5 Å². The molecule has 2 fully saturated rings. The Morgan fingerprint density at radius 1 is 0.970 bits per heavy atom. The molecule has 3 rings (SSSR count). The Hall–Kier alpha value is -2.50. The highest BCUT2D eigenvalue weighted by Crippen LogP contribution is 2.24. The highest BCUT2D eigenvalue weighted by atomic mass is 19.4. The van der Waals surface area contributed by atoms with Crippen LogP contribution in [0.15, 0.2) is 24.3 Å². The first-order valence-corrected chi connectivity index (χ1v) is 10.5. The number of alkyl halides is 6. The lowest BCUT2D eigenvalue weighted by Crippen LogP contribution is -2.42. The summed E-state index contributed by atoms with van der Waals surface area (Å²) < 4.78 is 73.3. The number of carboxylic acids is 1. The molecule has 0 aromatic heterocycles. The molecule has 12 heteroatoms. The van der Waals surface area contributed by atoms with E-state index in [0.29, 0.717) is 11.3 Å². The molecule has 6 nitrogen and oxygen atoms in total. The fourth-order valence-corrected chi connectivity index (χ4v) is 3.70. The zero-order chi connectivity index (χ0) is 24.6. The lowest BCUT2D eigenvalue weighted by atomic mass is 10.1. The van der Waals surface area contributed by atoms with Gasteiger partial charge >= 0.3 is 18.3 Å². The lowest BCUT2D eigenvalue weighted by Gasteiger charge is -2.28. The van der Waals surface area contributed by atoms with Crippen LogP contribution in [-0.4, -0.2) is 78.0 Å². The lowest BCUT2D eigenvalue weighted by molar-refractivity contribution is -0.192. The molecule has 0 spiro atoms. The number of ether oxygens (including phenoxy) is 1. The van der Waals surface area contributed by atoms with Gasteiger partial charge in [-0.05, 0) is 63.0 Å². The number of benzene rings is 1. The van der Waals surface area contributed by atoms with Crippen LogP contribution in [0.2, 0.25) is 0 Å². The van der Waals surface area contributed by atoms with E-state index in [4.69, 9.17) is 14.6 Å². The van der Waals surface area contributed by atoms with E-state index < -0.39 is 31.3 Å². The number of carbonyl (C=O) groups is 2. The summed E-state index contributed by atoms with van der Waals surface area (Å²) in [5.74, 6) is -2.41. The van der Waals surface area contributed by atoms with Gasteiger partial charge in [-0.25, -0.2) is 4.79 Å². The van der Waals surface area contributed by atoms with Gasteiger partial charge < -0.3 is 19.6 Å². The Kier molecular flexibility index (Phi) is 9.38. The number of halogens is 6. The molecule has 2 saturated heterocycles. The summed E-state index contributed by atoms with van der Waals surface area (Å²) in [6, 6.07) is 6.65. The Balaban J connectivity index is 0.000000479. The third-order valence-corrected chi connectivity index (χ3v) is 5.30. The van der Waals surface area contributed by atoms with Crippen molar-refractivity contribution < 1.29 is 45.8 Å². The van der Waals surface area contributed by atoms with Crippen LogP contribution in [0.25, 0.3) is 0 Å². The predicted octanol–water partition coefficient (Wildman–Crippen LogP) is 4.35. The average Bonchev–Trinajstić information content (AvgIpc) is 3.39. The molecule has 1 atom stereocenters. The zero-order valence-corrected chi connectivity index (χ0v) is 17.8. The van der Waals surface area contributed by atoms with Crippen molar-refractivity contribution in [3.05, 3.63) is 29.8 Å². The van der Waals surface area contributed by atoms with Gasteiger partial charge in [-0.15, -0.1) is 0 Å². The number of nitrogens with zero attached hydrogens (tertiary/aromatic N) is 2. The third kappa shape index (κ3) is 9.10. The minimum Gasteiger partial charge on any atom is -0.493 e. The van der Waals surface area contributed by atoms with Gasteiger partial charge in [0.25, 0.3) is 5.91 Å². The summed E-state index contributed by atoms with van der Waals surface area (Å²) in [6.45, 7) is 3.51. The number of hydrogen-bond donors (Lipinski definition) is 1. The van der Waals surface area contributed by atoms with Gasteiger partial charge in [-0.1, -0.05) is 0 Å². The first-order chi connectivity index (χ1) is 15.4. The van der Waals surface area contributed by atoms with E-state index in [0.717, 1.165) is 39.0 Å². The Morgan fingerprint density at radius 3 is 2.06 bits per heavy atom. The summed E-state index contributed by atoms with van der Waals surface area (Å²) in [5, 5.41) is 7.12. The SMILES string of the molecule is O=C(O)C(F)(F)F.O=C(c1ccc(OCCC(F)(F)F)cc1)N1CCC[C@H]1CN1CCCC1. The normalized spacial score (nSPS) is 19.2. The maximum atomic E-state index is 12.8. The first-order valence-electron chi connectivity index (χ1n) is 10.5. The third-order valence-electron chi connectivity index (χ3n) is 5.30. The van der Waals surface area contributed by atoms with E-state index in [-0.39, 0.29) is 11.9 Å². The molecule has 2 heterocycles. The Labute approximate surface area is 187 Å². The van der Waals surface area contributed by atoms with Gasteiger partial charge in [-0.2, -0.15) is 26.3 Å². The van der Waals surface area contributed by atoms with E-state index in [2.05, 4.69) is 4.90 Å². The van der Waals surface area contributed by atoms with E-state index >= 15 is 0 Å². The molecule has 1 aromatic carbocycles. The summed E-state index contributed by atoms with van der Waals surface area (Å²) in [5.41, 5.74) is 0.557. The monoisotopic (exact) mass is 484 g/mol. The molecule has 0 saturated carbocycles. The van der Waals surface area contributed by atoms with Crippen molar-refractivity contribution in [2.45, 2.75) is 50.5 Å². The van der Waals surface area contributed by atoms with Gasteiger partial charge in [0.1, 0.15) is 5.75 Å². The van der Waals surface area contributed by atoms with Crippen LogP contribution in [0.5, 0.6) is 5.75 Å². The molecule has 1 aromatic rings. The van der Waals surface area contributed by atoms with Crippen molar-refractivity contribution in [2.24, 2.45) is 0 Å². The highest BCUT2D eigenvalue weighted by molar-refractivity contribution is 5.94. The molecule has 0 unspecified atom stereocenters. The van der Waals surface area contributed by atoms with Gasteiger partial charge in [0, 0.05) is 24.7 Å². The fourth-order valence-electron chi connectivity index (χ4n) is 3.70. The van der Waals surface area contributed by atoms with Crippen LogP contribution in [0, 0.1) is 0 Å². The van der Waals surface area contributed by atoms with Crippen molar-refractivity contribution >= 4 is 11.9 Å². The van der Waals surface area contributed by atoms with Gasteiger partial charge in [0.2, 0.25) is 0 Å². The molecule has 0 bridgehead atoms. The Bertz CT molecular complexity index is 776. The summed E-state index contributed by atoms with van der Waals surface area (Å²) in [6.07, 6.45) is -5.79. The second kappa shape index (κ2) is 11.6. The molecular weight excluding hydrogens is 458 g/mol. The maximum Gasteiger partial charge on any atom is 0.490 e.